The van der Waals surface area contributed by atoms with E-state index >= 15 is 0 Å². The van der Waals surface area contributed by atoms with Crippen LogP contribution in [0, 0.1) is 12.7 Å². The van der Waals surface area contributed by atoms with E-state index in [0.29, 0.717) is 28.3 Å². The fraction of sp³-hybridized carbons (Fsp3) is 0.161. The summed E-state index contributed by atoms with van der Waals surface area (Å²) in [6, 6.07) is 14.9. The summed E-state index contributed by atoms with van der Waals surface area (Å²) in [5, 5.41) is 11.9. The lowest BCUT2D eigenvalue weighted by atomic mass is 10.0. The van der Waals surface area contributed by atoms with Crippen molar-refractivity contribution in [2.75, 3.05) is 5.32 Å². The van der Waals surface area contributed by atoms with E-state index in [4.69, 9.17) is 4.98 Å². The van der Waals surface area contributed by atoms with Crippen molar-refractivity contribution >= 4 is 27.6 Å². The Kier molecular flexibility index (Phi) is 7.19. The van der Waals surface area contributed by atoms with Gasteiger partial charge in [-0.05, 0) is 66.9 Å². The molecule has 196 valence electrons. The van der Waals surface area contributed by atoms with E-state index in [2.05, 4.69) is 56.1 Å². The van der Waals surface area contributed by atoms with Gasteiger partial charge in [-0.15, -0.1) is 0 Å². The molecule has 0 aliphatic rings. The van der Waals surface area contributed by atoms with Crippen molar-refractivity contribution in [3.63, 3.8) is 0 Å². The summed E-state index contributed by atoms with van der Waals surface area (Å²) >= 11 is 0. The van der Waals surface area contributed by atoms with Gasteiger partial charge in [0.2, 0.25) is 0 Å². The van der Waals surface area contributed by atoms with Crippen LogP contribution < -0.4 is 5.32 Å². The zero-order chi connectivity index (χ0) is 27.5. The topological polar surface area (TPSA) is 95.2 Å². The van der Waals surface area contributed by atoms with Crippen molar-refractivity contribution in [2.24, 2.45) is 0 Å². The number of aryl methyl sites for hydroxylation is 1. The van der Waals surface area contributed by atoms with E-state index in [-0.39, 0.29) is 5.82 Å². The largest absolute Gasteiger partial charge is 0.358 e. The van der Waals surface area contributed by atoms with E-state index in [0.717, 1.165) is 50.9 Å². The van der Waals surface area contributed by atoms with Crippen molar-refractivity contribution in [3.05, 3.63) is 90.8 Å². The first-order valence-corrected chi connectivity index (χ1v) is 13.0. The van der Waals surface area contributed by atoms with E-state index < -0.39 is 0 Å². The smallest absolute Gasteiger partial charge is 0.159 e. The summed E-state index contributed by atoms with van der Waals surface area (Å²) in [6.07, 6.45) is 6.15. The molecule has 6 rings (SSSR count). The average molecular weight is 520 g/mol. The Morgan fingerprint density at radius 1 is 0.949 bits per heavy atom. The normalized spacial score (nSPS) is 10.9. The van der Waals surface area contributed by atoms with Crippen LogP contribution >= 0.6 is 0 Å². The predicted octanol–water partition coefficient (Wildman–Crippen LogP) is 8.04. The van der Waals surface area contributed by atoms with E-state index in [1.165, 1.54) is 12.1 Å². The highest BCUT2D eigenvalue weighted by molar-refractivity contribution is 5.97. The van der Waals surface area contributed by atoms with Crippen LogP contribution in [0.25, 0.3) is 55.8 Å². The number of hydrogen-bond acceptors (Lipinski definition) is 5. The molecule has 0 spiro atoms. The molecule has 0 unspecified atom stereocenters. The van der Waals surface area contributed by atoms with Crippen LogP contribution in [0.15, 0.2) is 79.4 Å². The number of allylic oxidation sites excluding steroid dienone is 1. The first-order chi connectivity index (χ1) is 19.0. The number of nitrogens with one attached hydrogen (secondary N) is 3. The van der Waals surface area contributed by atoms with Gasteiger partial charge in [0.25, 0.3) is 0 Å². The van der Waals surface area contributed by atoms with Gasteiger partial charge in [0.1, 0.15) is 17.0 Å². The van der Waals surface area contributed by atoms with Crippen LogP contribution in [0.1, 0.15) is 32.8 Å². The lowest BCUT2D eigenvalue weighted by Gasteiger charge is -2.09. The van der Waals surface area contributed by atoms with E-state index in [1.54, 1.807) is 12.4 Å². The second kappa shape index (κ2) is 10.9. The van der Waals surface area contributed by atoms with Gasteiger partial charge in [-0.3, -0.25) is 15.1 Å². The Bertz CT molecular complexity index is 1780. The second-order valence-corrected chi connectivity index (χ2v) is 9.04. The molecule has 7 nitrogen and oxygen atoms in total. The highest BCUT2D eigenvalue weighted by Crippen LogP contribution is 2.33. The molecule has 0 amide bonds. The summed E-state index contributed by atoms with van der Waals surface area (Å²) in [6.45, 7) is 11.9. The number of aromatic amines is 2. The van der Waals surface area contributed by atoms with Crippen molar-refractivity contribution < 1.29 is 4.39 Å². The average Bonchev–Trinajstić information content (AvgIpc) is 3.57. The summed E-state index contributed by atoms with van der Waals surface area (Å²) in [5.41, 5.74) is 8.96. The number of aromatic nitrogens is 6. The van der Waals surface area contributed by atoms with Crippen molar-refractivity contribution in [3.8, 4) is 33.9 Å². The molecule has 0 saturated carbocycles. The van der Waals surface area contributed by atoms with Crippen LogP contribution in [0.3, 0.4) is 0 Å². The van der Waals surface area contributed by atoms with Crippen molar-refractivity contribution in [1.82, 2.24) is 30.1 Å². The number of pyridine rings is 2. The van der Waals surface area contributed by atoms with Gasteiger partial charge in [-0.2, -0.15) is 5.10 Å². The third-order valence-corrected chi connectivity index (χ3v) is 6.32. The zero-order valence-corrected chi connectivity index (χ0v) is 22.4. The first kappa shape index (κ1) is 25.8. The molecule has 0 atom stereocenters. The quantitative estimate of drug-likeness (QED) is 0.207. The van der Waals surface area contributed by atoms with Gasteiger partial charge in [-0.1, -0.05) is 33.4 Å². The highest BCUT2D eigenvalue weighted by atomic mass is 19.1. The van der Waals surface area contributed by atoms with Crippen LogP contribution in [0.5, 0.6) is 0 Å². The summed E-state index contributed by atoms with van der Waals surface area (Å²) in [7, 11) is 0. The Morgan fingerprint density at radius 2 is 1.79 bits per heavy atom. The summed E-state index contributed by atoms with van der Waals surface area (Å²) in [4.78, 5) is 17.1. The van der Waals surface area contributed by atoms with Crippen molar-refractivity contribution in [1.29, 1.82) is 0 Å². The van der Waals surface area contributed by atoms with Gasteiger partial charge < -0.3 is 10.3 Å². The minimum atomic E-state index is -0.303. The number of fused-ring (bicyclic) bond motifs is 2. The molecule has 0 saturated heterocycles. The molecular formula is C31H30FN7. The number of nitrogens with zero attached hydrogens (tertiary/aromatic N) is 4. The van der Waals surface area contributed by atoms with Crippen LogP contribution in [0.2, 0.25) is 0 Å². The van der Waals surface area contributed by atoms with Crippen molar-refractivity contribution in [2.45, 2.75) is 34.1 Å². The molecule has 4 aromatic heterocycles. The number of H-pyrrole nitrogens is 2. The fourth-order valence-corrected chi connectivity index (χ4v) is 4.46. The molecule has 2 aromatic carbocycles. The molecule has 3 N–H and O–H groups in total. The number of benzene rings is 2. The fourth-order valence-electron chi connectivity index (χ4n) is 4.46. The lowest BCUT2D eigenvalue weighted by Crippen LogP contribution is -1.97. The molecule has 0 bridgehead atoms. The van der Waals surface area contributed by atoms with Crippen LogP contribution in [-0.2, 0) is 0 Å². The Balaban J connectivity index is 0.00000151. The maximum absolute atomic E-state index is 14.1. The number of halogens is 1. The molecule has 4 heterocycles. The number of hydrogen-bond donors (Lipinski definition) is 3. The Morgan fingerprint density at radius 3 is 2.59 bits per heavy atom. The number of anilines is 1. The second-order valence-electron chi connectivity index (χ2n) is 9.04. The molecular weight excluding hydrogens is 489 g/mol. The maximum Gasteiger partial charge on any atom is 0.159 e. The van der Waals surface area contributed by atoms with E-state index in [9.17, 15) is 4.39 Å². The van der Waals surface area contributed by atoms with Gasteiger partial charge in [0, 0.05) is 34.6 Å². The Labute approximate surface area is 226 Å². The van der Waals surface area contributed by atoms with Crippen LogP contribution in [0.4, 0.5) is 10.1 Å². The molecule has 0 aliphatic carbocycles. The molecule has 8 heteroatoms. The third kappa shape index (κ3) is 5.13. The lowest BCUT2D eigenvalue weighted by molar-refractivity contribution is 0.627. The molecule has 0 fully saturated rings. The monoisotopic (exact) mass is 519 g/mol. The van der Waals surface area contributed by atoms with Gasteiger partial charge >= 0.3 is 0 Å². The van der Waals surface area contributed by atoms with Gasteiger partial charge in [0.15, 0.2) is 5.82 Å². The summed E-state index contributed by atoms with van der Waals surface area (Å²) in [5.74, 6) is 0.303. The number of rotatable bonds is 6. The predicted molar refractivity (Wildman–Crippen MR) is 157 cm³/mol. The van der Waals surface area contributed by atoms with Gasteiger partial charge in [0.05, 0.1) is 28.6 Å². The number of imidazole rings is 1. The maximum atomic E-state index is 14.1. The van der Waals surface area contributed by atoms with Crippen LogP contribution in [-0.4, -0.2) is 30.1 Å². The molecule has 39 heavy (non-hydrogen) atoms. The molecule has 0 aliphatic heterocycles. The van der Waals surface area contributed by atoms with E-state index in [1.807, 2.05) is 51.2 Å². The standard InChI is InChI=1S/C29H24FN7.C2H6/c1-4-17(3)33-22-12-20(14-31-15-22)18-5-6-24-23(13-18)27(37-36-24)29-34-25-7-8-32-26(28(25)35-29)19-9-16(2)10-21(30)11-19;1-2/h5-15,33H,3-4H2,1-2H3,(H,34,35)(H,36,37);1-2H3. The minimum Gasteiger partial charge on any atom is -0.358 e. The summed E-state index contributed by atoms with van der Waals surface area (Å²) < 4.78 is 14.1. The minimum absolute atomic E-state index is 0.303. The van der Waals surface area contributed by atoms with Gasteiger partial charge in [-0.25, -0.2) is 9.37 Å². The zero-order valence-electron chi connectivity index (χ0n) is 22.4. The first-order valence-electron chi connectivity index (χ1n) is 13.0. The third-order valence-electron chi connectivity index (χ3n) is 6.32. The molecule has 0 radical (unpaired) electrons. The molecule has 6 aromatic rings. The SMILES string of the molecule is C=C(CC)Nc1cncc(-c2ccc3[nH]nc(-c4nc5c(-c6cc(C)cc(F)c6)nccc5[nH]4)c3c2)c1.CC. The highest BCUT2D eigenvalue weighted by Gasteiger charge is 2.17. The Hall–Kier alpha value is -4.85.